The predicted molar refractivity (Wildman–Crippen MR) is 322 cm³/mol. The van der Waals surface area contributed by atoms with Crippen molar-refractivity contribution in [3.63, 3.8) is 0 Å². The van der Waals surface area contributed by atoms with Crippen LogP contribution in [0.3, 0.4) is 0 Å². The number of non-ortho nitro benzene ring substituents is 1. The van der Waals surface area contributed by atoms with E-state index in [0.717, 1.165) is 39.7 Å². The van der Waals surface area contributed by atoms with Crippen LogP contribution in [0.15, 0.2) is 119 Å². The lowest BCUT2D eigenvalue weighted by Gasteiger charge is -2.33. The van der Waals surface area contributed by atoms with Gasteiger partial charge in [-0.2, -0.15) is 8.61 Å². The van der Waals surface area contributed by atoms with Gasteiger partial charge >= 0.3 is 24.1 Å². The average Bonchev–Trinajstić information content (AvgIpc) is 2.77. The molecule has 0 radical (unpaired) electrons. The number of nitrogen functional groups attached to an aromatic ring is 1. The third-order valence-corrected chi connectivity index (χ3v) is 17.1. The van der Waals surface area contributed by atoms with E-state index in [9.17, 15) is 46.1 Å². The maximum Gasteiger partial charge on any atom is 0.407 e. The Balaban J connectivity index is 0.000000321. The molecular formula is C60H84N6O20S2. The number of carbonyl (C=O) groups is 4. The molecule has 0 bridgehead atoms. The summed E-state index contributed by atoms with van der Waals surface area (Å²) in [6.45, 7) is 8.51. The highest BCUT2D eigenvalue weighted by Gasteiger charge is 2.38. The van der Waals surface area contributed by atoms with Crippen LogP contribution in [-0.4, -0.2) is 197 Å². The molecule has 28 heteroatoms. The number of esters is 2. The second kappa shape index (κ2) is 37.2. The Morgan fingerprint density at radius 3 is 1.32 bits per heavy atom. The van der Waals surface area contributed by atoms with Crippen molar-refractivity contribution in [2.24, 2.45) is 11.8 Å². The number of ether oxygens (including phenoxy) is 10. The van der Waals surface area contributed by atoms with Gasteiger partial charge in [0.1, 0.15) is 37.6 Å². The Hall–Kier alpha value is -6.86. The van der Waals surface area contributed by atoms with Crippen molar-refractivity contribution in [1.82, 2.24) is 19.2 Å². The number of amides is 2. The van der Waals surface area contributed by atoms with Crippen molar-refractivity contribution >= 4 is 55.5 Å². The van der Waals surface area contributed by atoms with E-state index in [1.54, 1.807) is 0 Å². The number of nitrogens with one attached hydrogen (secondary N) is 2. The zero-order valence-corrected chi connectivity index (χ0v) is 52.3. The third kappa shape index (κ3) is 25.0. The summed E-state index contributed by atoms with van der Waals surface area (Å²) in [6, 6.07) is 27.1. The van der Waals surface area contributed by atoms with Gasteiger partial charge in [-0.05, 0) is 72.2 Å². The van der Waals surface area contributed by atoms with Gasteiger partial charge in [0, 0.05) is 58.0 Å². The van der Waals surface area contributed by atoms with Crippen LogP contribution in [0.5, 0.6) is 0 Å². The number of sulfonamides is 2. The number of benzene rings is 4. The van der Waals surface area contributed by atoms with Gasteiger partial charge in [0.25, 0.3) is 5.69 Å². The molecule has 0 aromatic heterocycles. The number of rotatable bonds is 35. The molecule has 2 heterocycles. The summed E-state index contributed by atoms with van der Waals surface area (Å²) in [5.41, 5.74) is 7.59. The SMILES string of the molecule is COCCOCC(=O)OC(CN(CC(C)C)S(=O)(=O)c1ccc(N)cc1)[C@H](Cc1ccccc1)NC(=O)OC1CCOC1.COCCOCC(=O)OC(CN(CC(C)C)S(=O)(=O)c1ccc([N+](=O)[O-])cc1)[C@H](Cc1ccccc1)NC(=O)OC1CCOC1. The number of nitro benzene ring substituents is 1. The highest BCUT2D eigenvalue weighted by Crippen LogP contribution is 2.25. The monoisotopic (exact) mass is 1270 g/mol. The maximum absolute atomic E-state index is 13.9. The first-order valence-corrected chi connectivity index (χ1v) is 31.8. The molecule has 0 spiro atoms. The number of alkyl carbamates (subject to hydrolysis) is 2. The summed E-state index contributed by atoms with van der Waals surface area (Å²) in [6.07, 6.45) is -3.13. The van der Waals surface area contributed by atoms with Crippen LogP contribution in [0, 0.1) is 22.0 Å². The fraction of sp³-hybridized carbons (Fsp3) is 0.533. The van der Waals surface area contributed by atoms with Gasteiger partial charge in [0.2, 0.25) is 20.0 Å². The Morgan fingerprint density at radius 2 is 0.977 bits per heavy atom. The van der Waals surface area contributed by atoms with Crippen LogP contribution in [0.2, 0.25) is 0 Å². The molecule has 2 amide bonds. The Kier molecular flexibility index (Phi) is 30.4. The van der Waals surface area contributed by atoms with Crippen molar-refractivity contribution in [1.29, 1.82) is 0 Å². The molecule has 2 saturated heterocycles. The largest absolute Gasteiger partial charge is 0.457 e. The van der Waals surface area contributed by atoms with Crippen LogP contribution in [-0.2, 0) is 89.8 Å². The Bertz CT molecular complexity index is 2970. The first-order valence-electron chi connectivity index (χ1n) is 28.9. The van der Waals surface area contributed by atoms with Gasteiger partial charge in [-0.15, -0.1) is 0 Å². The van der Waals surface area contributed by atoms with Crippen molar-refractivity contribution in [2.45, 2.75) is 99.7 Å². The van der Waals surface area contributed by atoms with Crippen LogP contribution in [0.1, 0.15) is 51.7 Å². The number of hydrogen-bond acceptors (Lipinski definition) is 21. The van der Waals surface area contributed by atoms with Gasteiger partial charge in [-0.1, -0.05) is 88.4 Å². The van der Waals surface area contributed by atoms with Crippen molar-refractivity contribution < 1.29 is 88.3 Å². The molecule has 4 aromatic rings. The first kappa shape index (κ1) is 71.9. The smallest absolute Gasteiger partial charge is 0.407 e. The van der Waals surface area contributed by atoms with E-state index < -0.39 is 92.2 Å². The summed E-state index contributed by atoms with van der Waals surface area (Å²) in [5, 5.41) is 16.8. The molecule has 4 unspecified atom stereocenters. The molecule has 2 aliphatic heterocycles. The number of nitrogens with zero attached hydrogens (tertiary/aromatic N) is 3. The quantitative estimate of drug-likeness (QED) is 0.0127. The predicted octanol–water partition coefficient (Wildman–Crippen LogP) is 5.56. The molecule has 2 fully saturated rings. The topological polar surface area (TPSA) is 329 Å². The standard InChI is InChI=1S/C30H41N3O11S.C30H43N3O9S/c1-22(2)18-32(45(38,39)26-11-9-24(10-12-26)33(36)37)19-28(44-29(34)21-42-16-15-40-3)27(17-23-7-5-4-6-8-23)31-30(35)43-25-13-14-41-20-25;1-22(2)18-33(43(36,37)26-11-9-24(31)10-12-26)19-28(42-29(34)21-40-16-15-38-3)27(17-23-7-5-4-6-8-23)32-30(35)41-25-13-14-39-20-25/h4-12,22,25,27-28H,13-21H2,1-3H3,(H,31,35);4-12,22,25,27-28H,13-21,31H2,1-3H3,(H,32,35)/t2*25?,27-,28?/m00/s1. The fourth-order valence-electron chi connectivity index (χ4n) is 9.10. The molecule has 6 atom stereocenters. The average molecular weight is 1270 g/mol. The minimum Gasteiger partial charge on any atom is -0.457 e. The lowest BCUT2D eigenvalue weighted by molar-refractivity contribution is -0.384. The molecule has 486 valence electrons. The number of nitrogens with two attached hydrogens (primary N) is 1. The van der Waals surface area contributed by atoms with Crippen LogP contribution < -0.4 is 16.4 Å². The summed E-state index contributed by atoms with van der Waals surface area (Å²) < 4.78 is 112. The number of nitro groups is 1. The number of methoxy groups -OCH3 is 2. The molecule has 4 N–H and O–H groups in total. The normalized spacial score (nSPS) is 16.5. The van der Waals surface area contributed by atoms with Crippen LogP contribution in [0.25, 0.3) is 0 Å². The number of carbonyl (C=O) groups excluding carboxylic acids is 4. The molecule has 26 nitrogen and oxygen atoms in total. The van der Waals surface area contributed by atoms with Gasteiger partial charge in [0.05, 0.1) is 92.7 Å². The molecule has 0 aliphatic carbocycles. The Morgan fingerprint density at radius 1 is 0.591 bits per heavy atom. The second-order valence-electron chi connectivity index (χ2n) is 21.6. The van der Waals surface area contributed by atoms with E-state index in [1.807, 2.05) is 88.4 Å². The van der Waals surface area contributed by atoms with Gasteiger partial charge in [0.15, 0.2) is 0 Å². The summed E-state index contributed by atoms with van der Waals surface area (Å²) in [4.78, 5) is 62.4. The van der Waals surface area contributed by atoms with Gasteiger partial charge in [-0.3, -0.25) is 10.1 Å². The van der Waals surface area contributed by atoms with Crippen molar-refractivity contribution in [3.8, 4) is 0 Å². The van der Waals surface area contributed by atoms with E-state index in [4.69, 9.17) is 53.1 Å². The summed E-state index contributed by atoms with van der Waals surface area (Å²) in [5.74, 6) is -1.71. The molecular weight excluding hydrogens is 1190 g/mol. The van der Waals surface area contributed by atoms with E-state index in [-0.39, 0.29) is 113 Å². The zero-order valence-electron chi connectivity index (χ0n) is 50.6. The minimum atomic E-state index is -4.24. The zero-order chi connectivity index (χ0) is 64.1. The lowest BCUT2D eigenvalue weighted by atomic mass is 10.0. The van der Waals surface area contributed by atoms with Crippen molar-refractivity contribution in [2.75, 3.05) is 112 Å². The van der Waals surface area contributed by atoms with E-state index >= 15 is 0 Å². The highest BCUT2D eigenvalue weighted by molar-refractivity contribution is 7.89. The molecule has 6 rings (SSSR count). The highest BCUT2D eigenvalue weighted by atomic mass is 32.2. The van der Waals surface area contributed by atoms with Gasteiger partial charge in [-0.25, -0.2) is 36.0 Å². The van der Waals surface area contributed by atoms with Crippen LogP contribution in [0.4, 0.5) is 21.0 Å². The summed E-state index contributed by atoms with van der Waals surface area (Å²) >= 11 is 0. The van der Waals surface area contributed by atoms with Gasteiger partial charge < -0.3 is 63.7 Å². The molecule has 2 aliphatic rings. The van der Waals surface area contributed by atoms with Crippen LogP contribution >= 0.6 is 0 Å². The van der Waals surface area contributed by atoms with E-state index in [0.29, 0.717) is 31.7 Å². The van der Waals surface area contributed by atoms with E-state index in [1.165, 1.54) is 42.8 Å². The molecule has 4 aromatic carbocycles. The fourth-order valence-corrected chi connectivity index (χ4v) is 12.3. The van der Waals surface area contributed by atoms with E-state index in [2.05, 4.69) is 10.6 Å². The van der Waals surface area contributed by atoms with Crippen molar-refractivity contribution in [3.05, 3.63) is 130 Å². The Labute approximate surface area is 515 Å². The minimum absolute atomic E-state index is 0.0274. The molecule has 0 saturated carbocycles. The number of anilines is 1. The third-order valence-electron chi connectivity index (χ3n) is 13.4. The lowest BCUT2D eigenvalue weighted by Crippen LogP contribution is -2.53. The summed E-state index contributed by atoms with van der Waals surface area (Å²) in [7, 11) is -5.28. The second-order valence-corrected chi connectivity index (χ2v) is 25.4. The first-order chi connectivity index (χ1) is 42.1. The maximum atomic E-state index is 13.9. The molecule has 88 heavy (non-hydrogen) atoms. The number of hydrogen-bond donors (Lipinski definition) is 3.